The number of amides is 1. The number of rotatable bonds is 9. The molecule has 5 heteroatoms. The van der Waals surface area contributed by atoms with Crippen LogP contribution in [0.2, 0.25) is 0 Å². The van der Waals surface area contributed by atoms with E-state index in [2.05, 4.69) is 60.7 Å². The number of nitrogens with one attached hydrogen (secondary N) is 2. The molecule has 1 aromatic rings. The van der Waals surface area contributed by atoms with Gasteiger partial charge >= 0.3 is 0 Å². The summed E-state index contributed by atoms with van der Waals surface area (Å²) in [7, 11) is 0. The number of nitrogens with zero attached hydrogens (tertiary/aromatic N) is 2. The monoisotopic (exact) mass is 372 g/mol. The predicted molar refractivity (Wildman–Crippen MR) is 113 cm³/mol. The third-order valence-electron chi connectivity index (χ3n) is 4.90. The molecule has 0 aliphatic carbocycles. The lowest BCUT2D eigenvalue weighted by atomic mass is 9.99. The summed E-state index contributed by atoms with van der Waals surface area (Å²) in [5.74, 6) is 1.84. The fourth-order valence-electron chi connectivity index (χ4n) is 3.35. The molecule has 1 aliphatic heterocycles. The minimum absolute atomic E-state index is 0.245. The summed E-state index contributed by atoms with van der Waals surface area (Å²) in [5.41, 5.74) is 2.67. The molecule has 0 aromatic heterocycles. The van der Waals surface area contributed by atoms with Crippen LogP contribution in [-0.2, 0) is 17.8 Å². The fraction of sp³-hybridized carbons (Fsp3) is 0.636. The average Bonchev–Trinajstić information content (AvgIpc) is 2.67. The van der Waals surface area contributed by atoms with Crippen LogP contribution in [0.3, 0.4) is 0 Å². The number of benzene rings is 1. The summed E-state index contributed by atoms with van der Waals surface area (Å²) in [4.78, 5) is 19.1. The molecule has 0 unspecified atom stereocenters. The van der Waals surface area contributed by atoms with Crippen molar-refractivity contribution in [3.63, 3.8) is 0 Å². The fourth-order valence-corrected chi connectivity index (χ4v) is 3.35. The van der Waals surface area contributed by atoms with E-state index in [1.165, 1.54) is 17.5 Å². The summed E-state index contributed by atoms with van der Waals surface area (Å²) in [6.07, 6.45) is 4.69. The third-order valence-corrected chi connectivity index (χ3v) is 4.90. The molecule has 1 heterocycles. The van der Waals surface area contributed by atoms with E-state index in [0.717, 1.165) is 57.3 Å². The van der Waals surface area contributed by atoms with Gasteiger partial charge in [-0.2, -0.15) is 0 Å². The van der Waals surface area contributed by atoms with Gasteiger partial charge in [0.1, 0.15) is 0 Å². The van der Waals surface area contributed by atoms with Gasteiger partial charge in [0.05, 0.1) is 0 Å². The van der Waals surface area contributed by atoms with Crippen LogP contribution < -0.4 is 10.6 Å². The Balaban J connectivity index is 1.70. The Morgan fingerprint density at radius 2 is 1.96 bits per heavy atom. The molecular formula is C22H36N4O. The molecule has 0 atom stereocenters. The minimum Gasteiger partial charge on any atom is -0.357 e. The highest BCUT2D eigenvalue weighted by Crippen LogP contribution is 2.19. The summed E-state index contributed by atoms with van der Waals surface area (Å²) < 4.78 is 0. The Kier molecular flexibility index (Phi) is 9.16. The van der Waals surface area contributed by atoms with Crippen LogP contribution in [0.1, 0.15) is 57.6 Å². The maximum Gasteiger partial charge on any atom is 0.222 e. The molecule has 0 saturated carbocycles. The molecule has 0 bridgehead atoms. The Morgan fingerprint density at radius 1 is 1.19 bits per heavy atom. The van der Waals surface area contributed by atoms with Crippen LogP contribution in [0.25, 0.3) is 0 Å². The van der Waals surface area contributed by atoms with Gasteiger partial charge in [-0.05, 0) is 49.7 Å². The zero-order chi connectivity index (χ0) is 19.5. The average molecular weight is 373 g/mol. The van der Waals surface area contributed by atoms with E-state index in [0.29, 0.717) is 13.0 Å². The quantitative estimate of drug-likeness (QED) is 0.397. The number of hydrogen-bond acceptors (Lipinski definition) is 2. The van der Waals surface area contributed by atoms with Crippen molar-refractivity contribution in [3.8, 4) is 0 Å². The minimum atomic E-state index is 0.245. The first-order chi connectivity index (χ1) is 13.1. The van der Waals surface area contributed by atoms with Gasteiger partial charge in [0, 0.05) is 39.1 Å². The number of hydrogen-bond donors (Lipinski definition) is 2. The van der Waals surface area contributed by atoms with E-state index in [-0.39, 0.29) is 5.91 Å². The van der Waals surface area contributed by atoms with Crippen LogP contribution >= 0.6 is 0 Å². The van der Waals surface area contributed by atoms with E-state index < -0.39 is 0 Å². The number of guanidine groups is 1. The molecule has 1 amide bonds. The van der Waals surface area contributed by atoms with Gasteiger partial charge in [-0.15, -0.1) is 0 Å². The maximum absolute atomic E-state index is 12.5. The van der Waals surface area contributed by atoms with E-state index in [1.807, 2.05) is 4.90 Å². The molecule has 5 nitrogen and oxygen atoms in total. The highest BCUT2D eigenvalue weighted by molar-refractivity contribution is 5.80. The van der Waals surface area contributed by atoms with Gasteiger partial charge < -0.3 is 15.5 Å². The van der Waals surface area contributed by atoms with E-state index in [9.17, 15) is 4.79 Å². The molecule has 0 radical (unpaired) electrons. The van der Waals surface area contributed by atoms with Gasteiger partial charge in [0.15, 0.2) is 5.96 Å². The Hall–Kier alpha value is -2.04. The summed E-state index contributed by atoms with van der Waals surface area (Å²) >= 11 is 0. The number of carbonyl (C=O) groups excluding carboxylic acids is 1. The number of aliphatic imine (C=N–C) groups is 1. The standard InChI is InChI=1S/C22H36N4O/c1-4-23-22(24-14-7-9-18(2)3)25-15-8-12-21(27)26-16-13-19-10-5-6-11-20(19)17-26/h5-6,10-11,18H,4,7-9,12-17H2,1-3H3,(H2,23,24,25). The van der Waals surface area contributed by atoms with Crippen LogP contribution in [0.15, 0.2) is 29.3 Å². The lowest BCUT2D eigenvalue weighted by Crippen LogP contribution is -2.38. The second-order valence-corrected chi connectivity index (χ2v) is 7.66. The molecule has 0 spiro atoms. The summed E-state index contributed by atoms with van der Waals surface area (Å²) in [6, 6.07) is 8.43. The molecule has 2 rings (SSSR count). The van der Waals surface area contributed by atoms with Crippen LogP contribution in [0.4, 0.5) is 0 Å². The maximum atomic E-state index is 12.5. The van der Waals surface area contributed by atoms with Gasteiger partial charge in [0.2, 0.25) is 5.91 Å². The lowest BCUT2D eigenvalue weighted by molar-refractivity contribution is -0.132. The van der Waals surface area contributed by atoms with Crippen LogP contribution in [-0.4, -0.2) is 42.9 Å². The highest BCUT2D eigenvalue weighted by Gasteiger charge is 2.19. The molecule has 27 heavy (non-hydrogen) atoms. The second kappa shape index (κ2) is 11.6. The first kappa shape index (κ1) is 21.3. The van der Waals surface area contributed by atoms with Gasteiger partial charge in [-0.3, -0.25) is 9.79 Å². The van der Waals surface area contributed by atoms with Crippen molar-refractivity contribution >= 4 is 11.9 Å². The highest BCUT2D eigenvalue weighted by atomic mass is 16.2. The SMILES string of the molecule is CCNC(=NCCCC(=O)N1CCc2ccccc2C1)NCCCC(C)C. The molecule has 1 aromatic carbocycles. The van der Waals surface area contributed by atoms with Crippen molar-refractivity contribution in [3.05, 3.63) is 35.4 Å². The second-order valence-electron chi connectivity index (χ2n) is 7.66. The molecule has 1 aliphatic rings. The lowest BCUT2D eigenvalue weighted by Gasteiger charge is -2.28. The smallest absolute Gasteiger partial charge is 0.222 e. The van der Waals surface area contributed by atoms with Crippen molar-refractivity contribution in [1.82, 2.24) is 15.5 Å². The zero-order valence-electron chi connectivity index (χ0n) is 17.3. The number of carbonyl (C=O) groups is 1. The largest absolute Gasteiger partial charge is 0.357 e. The Labute approximate surface area is 164 Å². The number of fused-ring (bicyclic) bond motifs is 1. The van der Waals surface area contributed by atoms with Gasteiger partial charge in [-0.25, -0.2) is 0 Å². The molecule has 0 saturated heterocycles. The van der Waals surface area contributed by atoms with E-state index in [4.69, 9.17) is 0 Å². The van der Waals surface area contributed by atoms with Gasteiger partial charge in [-0.1, -0.05) is 38.1 Å². The summed E-state index contributed by atoms with van der Waals surface area (Å²) in [5, 5.41) is 6.66. The summed E-state index contributed by atoms with van der Waals surface area (Å²) in [6.45, 7) is 10.6. The van der Waals surface area contributed by atoms with Crippen molar-refractivity contribution in [2.24, 2.45) is 10.9 Å². The van der Waals surface area contributed by atoms with Crippen molar-refractivity contribution in [1.29, 1.82) is 0 Å². The molecule has 150 valence electrons. The molecule has 2 N–H and O–H groups in total. The molecule has 0 fully saturated rings. The zero-order valence-corrected chi connectivity index (χ0v) is 17.3. The van der Waals surface area contributed by atoms with Gasteiger partial charge in [0.25, 0.3) is 0 Å². The Bertz CT molecular complexity index is 612. The van der Waals surface area contributed by atoms with Crippen molar-refractivity contribution in [2.75, 3.05) is 26.2 Å². The third kappa shape index (κ3) is 7.61. The normalized spacial score (nSPS) is 14.2. The van der Waals surface area contributed by atoms with Crippen molar-refractivity contribution < 1.29 is 4.79 Å². The predicted octanol–water partition coefficient (Wildman–Crippen LogP) is 3.34. The van der Waals surface area contributed by atoms with Crippen LogP contribution in [0.5, 0.6) is 0 Å². The first-order valence-corrected chi connectivity index (χ1v) is 10.5. The first-order valence-electron chi connectivity index (χ1n) is 10.5. The van der Waals surface area contributed by atoms with Crippen molar-refractivity contribution in [2.45, 2.75) is 59.4 Å². The topological polar surface area (TPSA) is 56.7 Å². The molecular weight excluding hydrogens is 336 g/mol. The Morgan fingerprint density at radius 3 is 2.70 bits per heavy atom. The van der Waals surface area contributed by atoms with E-state index in [1.54, 1.807) is 0 Å². The van der Waals surface area contributed by atoms with Crippen LogP contribution in [0, 0.1) is 5.92 Å². The van der Waals surface area contributed by atoms with E-state index >= 15 is 0 Å².